The number of carbonyl (C=O) groups excluding carboxylic acids is 1. The molecule has 0 spiro atoms. The lowest BCUT2D eigenvalue weighted by Crippen LogP contribution is -2.44. The van der Waals surface area contributed by atoms with Gasteiger partial charge in [0, 0.05) is 24.5 Å². The Balaban J connectivity index is 1.47. The third kappa shape index (κ3) is 5.42. The predicted octanol–water partition coefficient (Wildman–Crippen LogP) is 6.78. The van der Waals surface area contributed by atoms with E-state index in [9.17, 15) is 23.2 Å². The summed E-state index contributed by atoms with van der Waals surface area (Å²) in [5.41, 5.74) is -1.12. The van der Waals surface area contributed by atoms with Crippen LogP contribution in [0.1, 0.15) is 37.0 Å². The van der Waals surface area contributed by atoms with Crippen molar-refractivity contribution in [3.05, 3.63) is 76.6 Å². The van der Waals surface area contributed by atoms with Crippen LogP contribution >= 0.6 is 23.8 Å². The molecule has 1 aliphatic heterocycles. The molecule has 11 heteroatoms. The molecule has 0 atom stereocenters. The highest BCUT2D eigenvalue weighted by molar-refractivity contribution is 7.80. The maximum absolute atomic E-state index is 13.7. The molecule has 2 aromatic carbocycles. The van der Waals surface area contributed by atoms with Crippen LogP contribution < -0.4 is 9.64 Å². The fraction of sp³-hybridized carbons (Fsp3) is 0.286. The fourth-order valence-corrected chi connectivity index (χ4v) is 5.37. The number of ether oxygens (including phenoxy) is 1. The summed E-state index contributed by atoms with van der Waals surface area (Å²) in [6.07, 6.45) is -0.912. The van der Waals surface area contributed by atoms with Crippen molar-refractivity contribution in [1.29, 1.82) is 5.26 Å². The minimum atomic E-state index is -4.76. The largest absolute Gasteiger partial charge is 0.493 e. The molecule has 39 heavy (non-hydrogen) atoms. The lowest BCUT2D eigenvalue weighted by molar-refractivity contribution is -0.138. The molecular formula is C28H24ClF3N4O2S. The van der Waals surface area contributed by atoms with Crippen molar-refractivity contribution in [2.45, 2.75) is 38.9 Å². The summed E-state index contributed by atoms with van der Waals surface area (Å²) in [7, 11) is 0. The van der Waals surface area contributed by atoms with Crippen molar-refractivity contribution in [2.24, 2.45) is 0 Å². The zero-order chi connectivity index (χ0) is 28.5. The normalized spacial score (nSPS) is 15.0. The summed E-state index contributed by atoms with van der Waals surface area (Å²) in [5.74, 6) is 0.125. The molecule has 0 bridgehead atoms. The highest BCUT2D eigenvalue weighted by Crippen LogP contribution is 2.41. The minimum Gasteiger partial charge on any atom is -0.493 e. The number of hydrogen-bond donors (Lipinski definition) is 0. The van der Waals surface area contributed by atoms with Crippen LogP contribution in [0, 0.1) is 18.3 Å². The lowest BCUT2D eigenvalue weighted by atomic mass is 9.98. The summed E-state index contributed by atoms with van der Waals surface area (Å²) in [5, 5.41) is 9.81. The number of amides is 1. The van der Waals surface area contributed by atoms with E-state index in [0.29, 0.717) is 30.3 Å². The van der Waals surface area contributed by atoms with Gasteiger partial charge in [-0.05, 0) is 93.0 Å². The molecule has 6 nitrogen and oxygen atoms in total. The third-order valence-corrected chi connectivity index (χ3v) is 7.35. The van der Waals surface area contributed by atoms with Gasteiger partial charge in [0.05, 0.1) is 34.5 Å². The van der Waals surface area contributed by atoms with E-state index < -0.39 is 28.7 Å². The van der Waals surface area contributed by atoms with Gasteiger partial charge in [-0.15, -0.1) is 0 Å². The second kappa shape index (κ2) is 10.8. The number of nitriles is 1. The smallest absolute Gasteiger partial charge is 0.418 e. The first-order valence-electron chi connectivity index (χ1n) is 12.0. The maximum Gasteiger partial charge on any atom is 0.418 e. The number of aromatic nitrogens is 1. The van der Waals surface area contributed by atoms with Gasteiger partial charge in [0.15, 0.2) is 5.11 Å². The van der Waals surface area contributed by atoms with E-state index in [2.05, 4.69) is 4.98 Å². The summed E-state index contributed by atoms with van der Waals surface area (Å²) >= 11 is 12.0. The minimum absolute atomic E-state index is 0.00655. The fourth-order valence-electron chi connectivity index (χ4n) is 4.59. The number of pyridine rings is 1. The SMILES string of the molecule is Cc1c(N2C(=O)C(C)(C)N(CCCOc3ccc(-c4ccncc4)c(Cl)c3)C2=S)ccc(C#N)c1C(F)(F)F. The van der Waals surface area contributed by atoms with Gasteiger partial charge in [0.25, 0.3) is 5.91 Å². The van der Waals surface area contributed by atoms with Gasteiger partial charge in [-0.3, -0.25) is 14.7 Å². The monoisotopic (exact) mass is 572 g/mol. The molecule has 0 N–H and O–H groups in total. The van der Waals surface area contributed by atoms with E-state index >= 15 is 0 Å². The van der Waals surface area contributed by atoms with E-state index in [1.807, 2.05) is 24.3 Å². The van der Waals surface area contributed by atoms with Gasteiger partial charge >= 0.3 is 6.18 Å². The second-order valence-corrected chi connectivity index (χ2v) is 10.2. The Bertz CT molecular complexity index is 1470. The molecule has 0 saturated carbocycles. The van der Waals surface area contributed by atoms with Gasteiger partial charge in [-0.1, -0.05) is 11.6 Å². The van der Waals surface area contributed by atoms with Crippen LogP contribution in [0.3, 0.4) is 0 Å². The molecule has 1 fully saturated rings. The van der Waals surface area contributed by atoms with Crippen LogP contribution in [0.5, 0.6) is 5.75 Å². The quantitative estimate of drug-likeness (QED) is 0.230. The number of alkyl halides is 3. The number of carbonyl (C=O) groups is 1. The molecule has 202 valence electrons. The number of thiocarbonyl (C=S) groups is 1. The molecule has 0 radical (unpaired) electrons. The molecule has 0 aliphatic carbocycles. The first-order chi connectivity index (χ1) is 18.4. The van der Waals surface area contributed by atoms with E-state index in [1.54, 1.807) is 43.3 Å². The zero-order valence-electron chi connectivity index (χ0n) is 21.3. The van der Waals surface area contributed by atoms with Gasteiger partial charge in [-0.2, -0.15) is 18.4 Å². The summed E-state index contributed by atoms with van der Waals surface area (Å²) in [4.78, 5) is 20.2. The van der Waals surface area contributed by atoms with Crippen molar-refractivity contribution in [2.75, 3.05) is 18.1 Å². The Hall–Kier alpha value is -3.68. The molecule has 0 unspecified atom stereocenters. The highest BCUT2D eigenvalue weighted by atomic mass is 35.5. The summed E-state index contributed by atoms with van der Waals surface area (Å²) in [6, 6.07) is 13.1. The van der Waals surface area contributed by atoms with Crippen molar-refractivity contribution >= 4 is 40.5 Å². The third-order valence-electron chi connectivity index (χ3n) is 6.63. The van der Waals surface area contributed by atoms with Gasteiger partial charge in [-0.25, -0.2) is 0 Å². The van der Waals surface area contributed by atoms with Gasteiger partial charge in [0.1, 0.15) is 11.3 Å². The van der Waals surface area contributed by atoms with Gasteiger partial charge < -0.3 is 9.64 Å². The Morgan fingerprint density at radius 2 is 1.85 bits per heavy atom. The number of nitrogens with zero attached hydrogens (tertiary/aromatic N) is 4. The van der Waals surface area contributed by atoms with Crippen LogP contribution in [-0.4, -0.2) is 39.6 Å². The van der Waals surface area contributed by atoms with Gasteiger partial charge in [0.2, 0.25) is 0 Å². The Labute approximate surface area is 234 Å². The van der Waals surface area contributed by atoms with Crippen LogP contribution in [-0.2, 0) is 11.0 Å². The first-order valence-corrected chi connectivity index (χ1v) is 12.8. The van der Waals surface area contributed by atoms with Crippen LogP contribution in [0.2, 0.25) is 5.02 Å². The standard InChI is InChI=1S/C28H24ClF3N4O2S/c1-17-23(8-5-19(16-33)24(17)28(30,31)32)36-25(37)27(2,3)35(26(36)39)13-4-14-38-20-6-7-21(22(29)15-20)18-9-11-34-12-10-18/h5-12,15H,4,13-14H2,1-3H3. The molecule has 1 saturated heterocycles. The van der Waals surface area contributed by atoms with E-state index in [-0.39, 0.29) is 16.4 Å². The highest BCUT2D eigenvalue weighted by Gasteiger charge is 2.50. The Morgan fingerprint density at radius 1 is 1.15 bits per heavy atom. The average molecular weight is 573 g/mol. The molecule has 3 aromatic rings. The average Bonchev–Trinajstić information content (AvgIpc) is 3.05. The van der Waals surface area contributed by atoms with Crippen molar-refractivity contribution in [3.63, 3.8) is 0 Å². The number of anilines is 1. The second-order valence-electron chi connectivity index (χ2n) is 9.46. The predicted molar refractivity (Wildman–Crippen MR) is 147 cm³/mol. The maximum atomic E-state index is 13.7. The number of rotatable bonds is 7. The molecule has 1 aromatic heterocycles. The lowest BCUT2D eigenvalue weighted by Gasteiger charge is -2.29. The van der Waals surface area contributed by atoms with Crippen molar-refractivity contribution in [1.82, 2.24) is 9.88 Å². The van der Waals surface area contributed by atoms with E-state index in [0.717, 1.165) is 22.1 Å². The number of benzene rings is 2. The zero-order valence-corrected chi connectivity index (χ0v) is 22.9. The van der Waals surface area contributed by atoms with Crippen LogP contribution in [0.4, 0.5) is 18.9 Å². The summed E-state index contributed by atoms with van der Waals surface area (Å²) in [6.45, 7) is 5.21. The molecule has 1 amide bonds. The first kappa shape index (κ1) is 28.3. The van der Waals surface area contributed by atoms with Crippen molar-refractivity contribution in [3.8, 4) is 22.9 Å². The summed E-state index contributed by atoms with van der Waals surface area (Å²) < 4.78 is 47.1. The van der Waals surface area contributed by atoms with Crippen molar-refractivity contribution < 1.29 is 22.7 Å². The Morgan fingerprint density at radius 3 is 2.46 bits per heavy atom. The van der Waals surface area contributed by atoms with E-state index in [1.165, 1.54) is 13.0 Å². The van der Waals surface area contributed by atoms with Crippen LogP contribution in [0.25, 0.3) is 11.1 Å². The van der Waals surface area contributed by atoms with E-state index in [4.69, 9.17) is 28.6 Å². The number of halogens is 4. The molecular weight excluding hydrogens is 549 g/mol. The molecule has 4 rings (SSSR count). The molecule has 2 heterocycles. The molecule has 1 aliphatic rings. The number of hydrogen-bond acceptors (Lipinski definition) is 5. The topological polar surface area (TPSA) is 69.5 Å². The Kier molecular flexibility index (Phi) is 7.87. The van der Waals surface area contributed by atoms with Crippen LogP contribution in [0.15, 0.2) is 54.9 Å².